The monoisotopic (exact) mass is 361 g/mol. The van der Waals surface area contributed by atoms with Crippen molar-refractivity contribution < 1.29 is 19.7 Å². The molecule has 1 aromatic rings. The summed E-state index contributed by atoms with van der Waals surface area (Å²) in [5.74, 6) is -1.02. The Balaban J connectivity index is 1.82. The van der Waals surface area contributed by atoms with E-state index >= 15 is 0 Å². The molecule has 1 saturated carbocycles. The van der Waals surface area contributed by atoms with Gasteiger partial charge < -0.3 is 14.9 Å². The number of rotatable bonds is 4. The van der Waals surface area contributed by atoms with E-state index in [4.69, 9.17) is 4.74 Å². The van der Waals surface area contributed by atoms with Crippen molar-refractivity contribution in [1.29, 1.82) is 5.26 Å². The molecule has 2 atom stereocenters. The number of ether oxygens (including phenoxy) is 1. The zero-order chi connectivity index (χ0) is 18.9. The Morgan fingerprint density at radius 3 is 2.73 bits per heavy atom. The maximum absolute atomic E-state index is 12.0. The number of aromatic nitrogens is 2. The number of esters is 1. The number of aliphatic hydroxyl groups is 2. The smallest absolute Gasteiger partial charge is 0.329 e. The molecule has 0 aromatic carbocycles. The van der Waals surface area contributed by atoms with Crippen molar-refractivity contribution >= 4 is 5.97 Å². The molecule has 0 amide bonds. The maximum Gasteiger partial charge on any atom is 0.329 e. The van der Waals surface area contributed by atoms with Gasteiger partial charge in [0.1, 0.15) is 18.5 Å². The van der Waals surface area contributed by atoms with E-state index in [0.717, 1.165) is 42.5 Å². The second-order valence-corrected chi connectivity index (χ2v) is 6.67. The Morgan fingerprint density at radius 1 is 1.42 bits per heavy atom. The van der Waals surface area contributed by atoms with Gasteiger partial charge in [-0.3, -0.25) is 19.1 Å². The van der Waals surface area contributed by atoms with E-state index in [2.05, 4.69) is 0 Å². The molecule has 1 heterocycles. The molecule has 0 saturated heterocycles. The van der Waals surface area contributed by atoms with Crippen molar-refractivity contribution in [3.8, 4) is 6.07 Å². The zero-order valence-electron chi connectivity index (χ0n) is 14.0. The van der Waals surface area contributed by atoms with E-state index in [1.165, 1.54) is 0 Å². The number of carbonyl (C=O) groups is 1. The van der Waals surface area contributed by atoms with E-state index in [9.17, 15) is 29.9 Å². The summed E-state index contributed by atoms with van der Waals surface area (Å²) < 4.78 is 6.11. The van der Waals surface area contributed by atoms with Gasteiger partial charge in [-0.2, -0.15) is 5.26 Å². The van der Waals surface area contributed by atoms with Crippen molar-refractivity contribution in [2.45, 2.75) is 43.7 Å². The molecular weight excluding hydrogens is 342 g/mol. The Hall–Kier alpha value is -2.86. The molecule has 138 valence electrons. The normalized spacial score (nSPS) is 26.1. The predicted molar refractivity (Wildman–Crippen MR) is 88.1 cm³/mol. The van der Waals surface area contributed by atoms with Crippen molar-refractivity contribution in [3.63, 3.8) is 0 Å². The number of nitrogens with one attached hydrogen (secondary N) is 1. The molecule has 9 heteroatoms. The Labute approximate surface area is 148 Å². The maximum atomic E-state index is 12.0. The molecule has 1 aromatic heterocycles. The van der Waals surface area contributed by atoms with Crippen LogP contribution in [0.3, 0.4) is 0 Å². The molecule has 1 unspecified atom stereocenters. The highest BCUT2D eigenvalue weighted by atomic mass is 16.5. The lowest BCUT2D eigenvalue weighted by Crippen LogP contribution is -2.48. The van der Waals surface area contributed by atoms with Crippen molar-refractivity contribution in [3.05, 3.63) is 44.4 Å². The molecule has 0 radical (unpaired) electrons. The Morgan fingerprint density at radius 2 is 2.12 bits per heavy atom. The lowest BCUT2D eigenvalue weighted by molar-refractivity contribution is -0.147. The van der Waals surface area contributed by atoms with Crippen LogP contribution in [0.2, 0.25) is 0 Å². The van der Waals surface area contributed by atoms with E-state index in [1.54, 1.807) is 0 Å². The quantitative estimate of drug-likeness (QED) is 0.643. The third-order valence-corrected chi connectivity index (χ3v) is 5.08. The molecule has 0 spiro atoms. The van der Waals surface area contributed by atoms with Gasteiger partial charge in [-0.25, -0.2) is 4.79 Å². The Kier molecular flexibility index (Phi) is 4.70. The van der Waals surface area contributed by atoms with E-state index in [-0.39, 0.29) is 30.5 Å². The number of aromatic amines is 1. The van der Waals surface area contributed by atoms with Crippen molar-refractivity contribution in [1.82, 2.24) is 9.55 Å². The molecule has 2 aliphatic rings. The third kappa shape index (κ3) is 2.93. The third-order valence-electron chi connectivity index (χ3n) is 5.08. The number of nitrogens with zero attached hydrogens (tertiary/aromatic N) is 2. The summed E-state index contributed by atoms with van der Waals surface area (Å²) in [5.41, 5.74) is -3.17. The fraction of sp³-hybridized carbons (Fsp3) is 0.529. The summed E-state index contributed by atoms with van der Waals surface area (Å²) in [6.07, 6.45) is 2.67. The average Bonchev–Trinajstić information content (AvgIpc) is 3.23. The number of H-pyrrole nitrogens is 1. The average molecular weight is 361 g/mol. The lowest BCUT2D eigenvalue weighted by atomic mass is 9.94. The molecule has 3 N–H and O–H groups in total. The van der Waals surface area contributed by atoms with Gasteiger partial charge >= 0.3 is 11.7 Å². The predicted octanol–water partition coefficient (Wildman–Crippen LogP) is 0.0656. The molecule has 26 heavy (non-hydrogen) atoms. The summed E-state index contributed by atoms with van der Waals surface area (Å²) in [6, 6.07) is 2.90. The summed E-state index contributed by atoms with van der Waals surface area (Å²) in [5, 5.41) is 30.2. The van der Waals surface area contributed by atoms with Crippen LogP contribution in [0.4, 0.5) is 0 Å². The minimum Gasteiger partial charge on any atom is -0.509 e. The number of carbonyl (C=O) groups excluding carboxylic acids is 1. The van der Waals surface area contributed by atoms with E-state index < -0.39 is 28.7 Å². The summed E-state index contributed by atoms with van der Waals surface area (Å²) in [4.78, 5) is 37.3. The van der Waals surface area contributed by atoms with Crippen LogP contribution in [-0.4, -0.2) is 38.4 Å². The van der Waals surface area contributed by atoms with E-state index in [1.807, 2.05) is 11.1 Å². The van der Waals surface area contributed by atoms with Gasteiger partial charge in [0.15, 0.2) is 5.54 Å². The second-order valence-electron chi connectivity index (χ2n) is 6.67. The van der Waals surface area contributed by atoms with Gasteiger partial charge in [0.05, 0.1) is 12.0 Å². The fourth-order valence-electron chi connectivity index (χ4n) is 3.60. The first kappa shape index (κ1) is 17.9. The Bertz CT molecular complexity index is 902. The van der Waals surface area contributed by atoms with Gasteiger partial charge in [0, 0.05) is 24.3 Å². The molecule has 1 fully saturated rings. The highest BCUT2D eigenvalue weighted by Gasteiger charge is 2.50. The first-order chi connectivity index (χ1) is 12.4. The number of hydrogen-bond acceptors (Lipinski definition) is 7. The van der Waals surface area contributed by atoms with E-state index in [0.29, 0.717) is 0 Å². The SMILES string of the molecule is N#C[C@@]1(n2ccc(=O)[nH]c2=O)CC(COC(=O)C2CCCC2)=C(O)C1O. The van der Waals surface area contributed by atoms with Gasteiger partial charge in [-0.05, 0) is 12.8 Å². The van der Waals surface area contributed by atoms with Crippen LogP contribution < -0.4 is 11.2 Å². The molecule has 0 aliphatic heterocycles. The van der Waals surface area contributed by atoms with Crippen LogP contribution in [0.15, 0.2) is 33.2 Å². The van der Waals surface area contributed by atoms with Crippen molar-refractivity contribution in [2.75, 3.05) is 6.61 Å². The molecule has 3 rings (SSSR count). The summed E-state index contributed by atoms with van der Waals surface area (Å²) in [6.45, 7) is -0.264. The number of nitriles is 1. The van der Waals surface area contributed by atoms with Gasteiger partial charge in [-0.1, -0.05) is 12.8 Å². The molecule has 9 nitrogen and oxygen atoms in total. The number of aliphatic hydroxyl groups excluding tert-OH is 2. The second kappa shape index (κ2) is 6.80. The molecule has 2 aliphatic carbocycles. The van der Waals surface area contributed by atoms with Crippen LogP contribution in [0.5, 0.6) is 0 Å². The standard InChI is InChI=1S/C17H19N3O6/c18-9-17(20-6-5-12(21)19-16(20)25)7-11(13(22)14(17)23)8-26-15(24)10-3-1-2-4-10/h5-6,10,14,22-23H,1-4,7-8H2,(H,19,21,25)/t14?,17-/m0/s1. The van der Waals surface area contributed by atoms with Gasteiger partial charge in [0.25, 0.3) is 5.56 Å². The fourth-order valence-corrected chi connectivity index (χ4v) is 3.60. The molecular formula is C17H19N3O6. The highest BCUT2D eigenvalue weighted by molar-refractivity contribution is 5.72. The topological polar surface area (TPSA) is 145 Å². The van der Waals surface area contributed by atoms with Crippen LogP contribution in [0.25, 0.3) is 0 Å². The highest BCUT2D eigenvalue weighted by Crippen LogP contribution is 2.39. The molecule has 0 bridgehead atoms. The summed E-state index contributed by atoms with van der Waals surface area (Å²) >= 11 is 0. The first-order valence-electron chi connectivity index (χ1n) is 8.38. The first-order valence-corrected chi connectivity index (χ1v) is 8.38. The minimum absolute atomic E-state index is 0.161. The van der Waals surface area contributed by atoms with Gasteiger partial charge in [0.2, 0.25) is 0 Å². The minimum atomic E-state index is -1.82. The lowest BCUT2D eigenvalue weighted by Gasteiger charge is -2.27. The number of hydrogen-bond donors (Lipinski definition) is 3. The zero-order valence-corrected chi connectivity index (χ0v) is 14.0. The van der Waals surface area contributed by atoms with Crippen LogP contribution in [-0.2, 0) is 15.1 Å². The van der Waals surface area contributed by atoms with Crippen LogP contribution in [0.1, 0.15) is 32.1 Å². The van der Waals surface area contributed by atoms with Gasteiger partial charge in [-0.15, -0.1) is 0 Å². The van der Waals surface area contributed by atoms with Crippen LogP contribution >= 0.6 is 0 Å². The largest absolute Gasteiger partial charge is 0.509 e. The van der Waals surface area contributed by atoms with Crippen molar-refractivity contribution in [2.24, 2.45) is 5.92 Å². The summed E-state index contributed by atoms with van der Waals surface area (Å²) in [7, 11) is 0. The van der Waals surface area contributed by atoms with Crippen LogP contribution in [0, 0.1) is 17.2 Å².